The molecule has 0 aliphatic heterocycles. The van der Waals surface area contributed by atoms with E-state index in [1.807, 2.05) is 30.6 Å². The lowest BCUT2D eigenvalue weighted by molar-refractivity contribution is 0.942. The van der Waals surface area contributed by atoms with Crippen LogP contribution < -0.4 is 5.32 Å². The molecule has 3 aromatic heterocycles. The van der Waals surface area contributed by atoms with Gasteiger partial charge in [0.05, 0.1) is 11.7 Å². The number of pyridine rings is 1. The Morgan fingerprint density at radius 3 is 2.90 bits per heavy atom. The number of benzene rings is 1. The molecular formula is C16H13N5. The molecule has 3 heterocycles. The molecule has 102 valence electrons. The highest BCUT2D eigenvalue weighted by Gasteiger charge is 2.05. The number of rotatable bonds is 3. The summed E-state index contributed by atoms with van der Waals surface area (Å²) in [6.07, 6.45) is 7.16. The molecule has 4 rings (SSSR count). The largest absolute Gasteiger partial charge is 0.364 e. The third kappa shape index (κ3) is 2.08. The quantitative estimate of drug-likeness (QED) is 0.624. The second-order valence-electron chi connectivity index (χ2n) is 4.78. The summed E-state index contributed by atoms with van der Waals surface area (Å²) in [5.74, 6) is 0.822. The summed E-state index contributed by atoms with van der Waals surface area (Å²) in [6, 6.07) is 12.2. The predicted molar refractivity (Wildman–Crippen MR) is 82.1 cm³/mol. The first kappa shape index (κ1) is 11.8. The molecule has 21 heavy (non-hydrogen) atoms. The van der Waals surface area contributed by atoms with Gasteiger partial charge in [0.2, 0.25) is 0 Å². The van der Waals surface area contributed by atoms with Gasteiger partial charge in [-0.3, -0.25) is 4.98 Å². The summed E-state index contributed by atoms with van der Waals surface area (Å²) in [7, 11) is 0. The topological polar surface area (TPSA) is 55.1 Å². The standard InChI is InChI=1S/C16H13N5/c1-3-12-5-2-7-17-15(12)13(4-1)11-19-16-14-6-8-20-21(14)10-9-18-16/h1-10H,11H2,(H,18,19). The lowest BCUT2D eigenvalue weighted by atomic mass is 10.1. The van der Waals surface area contributed by atoms with Crippen molar-refractivity contribution in [2.24, 2.45) is 0 Å². The van der Waals surface area contributed by atoms with E-state index < -0.39 is 0 Å². The van der Waals surface area contributed by atoms with Gasteiger partial charge in [0.15, 0.2) is 5.82 Å². The van der Waals surface area contributed by atoms with Gasteiger partial charge in [-0.05, 0) is 17.7 Å². The highest BCUT2D eigenvalue weighted by atomic mass is 15.2. The van der Waals surface area contributed by atoms with Gasteiger partial charge in [0.25, 0.3) is 0 Å². The van der Waals surface area contributed by atoms with Crippen molar-refractivity contribution >= 4 is 22.2 Å². The number of hydrogen-bond acceptors (Lipinski definition) is 4. The average molecular weight is 275 g/mol. The number of nitrogens with one attached hydrogen (secondary N) is 1. The van der Waals surface area contributed by atoms with E-state index in [2.05, 4.69) is 38.6 Å². The second kappa shape index (κ2) is 4.86. The summed E-state index contributed by atoms with van der Waals surface area (Å²) in [6.45, 7) is 0.673. The van der Waals surface area contributed by atoms with Gasteiger partial charge in [-0.2, -0.15) is 5.10 Å². The van der Waals surface area contributed by atoms with Crippen LogP contribution in [0.4, 0.5) is 5.82 Å². The van der Waals surface area contributed by atoms with E-state index in [9.17, 15) is 0 Å². The molecule has 0 unspecified atom stereocenters. The van der Waals surface area contributed by atoms with E-state index >= 15 is 0 Å². The highest BCUT2D eigenvalue weighted by Crippen LogP contribution is 2.18. The fourth-order valence-electron chi connectivity index (χ4n) is 2.48. The van der Waals surface area contributed by atoms with E-state index in [-0.39, 0.29) is 0 Å². The number of para-hydroxylation sites is 1. The minimum atomic E-state index is 0.673. The van der Waals surface area contributed by atoms with Crippen molar-refractivity contribution in [1.29, 1.82) is 0 Å². The van der Waals surface area contributed by atoms with Crippen molar-refractivity contribution in [3.63, 3.8) is 0 Å². The Morgan fingerprint density at radius 2 is 1.90 bits per heavy atom. The first-order chi connectivity index (χ1) is 10.4. The van der Waals surface area contributed by atoms with Crippen LogP contribution >= 0.6 is 0 Å². The normalized spacial score (nSPS) is 11.0. The van der Waals surface area contributed by atoms with Crippen LogP contribution in [-0.4, -0.2) is 19.6 Å². The summed E-state index contributed by atoms with van der Waals surface area (Å²) in [5.41, 5.74) is 3.13. The Kier molecular flexibility index (Phi) is 2.74. The van der Waals surface area contributed by atoms with Crippen molar-refractivity contribution in [3.05, 3.63) is 66.7 Å². The molecule has 0 fully saturated rings. The van der Waals surface area contributed by atoms with Crippen LogP contribution in [0.1, 0.15) is 5.56 Å². The van der Waals surface area contributed by atoms with Crippen molar-refractivity contribution in [2.45, 2.75) is 6.54 Å². The van der Waals surface area contributed by atoms with Crippen LogP contribution in [-0.2, 0) is 6.54 Å². The van der Waals surface area contributed by atoms with Gasteiger partial charge in [0.1, 0.15) is 5.52 Å². The molecule has 0 atom stereocenters. The minimum absolute atomic E-state index is 0.673. The van der Waals surface area contributed by atoms with Gasteiger partial charge in [-0.1, -0.05) is 24.3 Å². The van der Waals surface area contributed by atoms with Gasteiger partial charge in [-0.25, -0.2) is 9.50 Å². The fraction of sp³-hybridized carbons (Fsp3) is 0.0625. The van der Waals surface area contributed by atoms with E-state index in [0.29, 0.717) is 6.54 Å². The van der Waals surface area contributed by atoms with E-state index in [1.165, 1.54) is 0 Å². The molecule has 0 spiro atoms. The van der Waals surface area contributed by atoms with Crippen molar-refractivity contribution in [1.82, 2.24) is 19.6 Å². The summed E-state index contributed by atoms with van der Waals surface area (Å²) >= 11 is 0. The highest BCUT2D eigenvalue weighted by molar-refractivity contribution is 5.82. The van der Waals surface area contributed by atoms with Crippen LogP contribution in [0.2, 0.25) is 0 Å². The maximum Gasteiger partial charge on any atom is 0.152 e. The van der Waals surface area contributed by atoms with E-state index in [0.717, 1.165) is 27.8 Å². The van der Waals surface area contributed by atoms with Crippen LogP contribution in [0.5, 0.6) is 0 Å². The fourth-order valence-corrected chi connectivity index (χ4v) is 2.48. The predicted octanol–water partition coefficient (Wildman–Crippen LogP) is 2.89. The number of nitrogens with zero attached hydrogens (tertiary/aromatic N) is 4. The molecule has 4 aromatic rings. The molecule has 0 amide bonds. The lowest BCUT2D eigenvalue weighted by Gasteiger charge is -2.09. The molecule has 5 heteroatoms. The summed E-state index contributed by atoms with van der Waals surface area (Å²) in [4.78, 5) is 8.85. The molecular weight excluding hydrogens is 262 g/mol. The first-order valence-corrected chi connectivity index (χ1v) is 6.77. The molecule has 0 saturated heterocycles. The summed E-state index contributed by atoms with van der Waals surface area (Å²) in [5, 5.41) is 8.72. The van der Waals surface area contributed by atoms with Gasteiger partial charge < -0.3 is 5.32 Å². The Hall–Kier alpha value is -2.95. The molecule has 1 N–H and O–H groups in total. The average Bonchev–Trinajstić information content (AvgIpc) is 3.02. The third-order valence-electron chi connectivity index (χ3n) is 3.49. The van der Waals surface area contributed by atoms with E-state index in [4.69, 9.17) is 0 Å². The molecule has 1 aromatic carbocycles. The molecule has 5 nitrogen and oxygen atoms in total. The van der Waals surface area contributed by atoms with Crippen molar-refractivity contribution in [3.8, 4) is 0 Å². The lowest BCUT2D eigenvalue weighted by Crippen LogP contribution is -2.04. The second-order valence-corrected chi connectivity index (χ2v) is 4.78. The number of fused-ring (bicyclic) bond motifs is 2. The maximum absolute atomic E-state index is 4.47. The minimum Gasteiger partial charge on any atom is -0.364 e. The Balaban J connectivity index is 1.68. The maximum atomic E-state index is 4.47. The number of aromatic nitrogens is 4. The Labute approximate surface area is 121 Å². The smallest absolute Gasteiger partial charge is 0.152 e. The van der Waals surface area contributed by atoms with Crippen LogP contribution in [0.3, 0.4) is 0 Å². The molecule has 0 aliphatic rings. The van der Waals surface area contributed by atoms with Gasteiger partial charge in [0, 0.05) is 30.5 Å². The Morgan fingerprint density at radius 1 is 0.952 bits per heavy atom. The van der Waals surface area contributed by atoms with Gasteiger partial charge in [-0.15, -0.1) is 0 Å². The zero-order chi connectivity index (χ0) is 14.1. The zero-order valence-electron chi connectivity index (χ0n) is 11.3. The van der Waals surface area contributed by atoms with Crippen LogP contribution in [0.25, 0.3) is 16.4 Å². The third-order valence-corrected chi connectivity index (χ3v) is 3.49. The zero-order valence-corrected chi connectivity index (χ0v) is 11.3. The van der Waals surface area contributed by atoms with Gasteiger partial charge >= 0.3 is 0 Å². The van der Waals surface area contributed by atoms with Crippen molar-refractivity contribution < 1.29 is 0 Å². The molecule has 0 saturated carbocycles. The molecule has 0 bridgehead atoms. The molecule has 0 aliphatic carbocycles. The Bertz CT molecular complexity index is 907. The molecule has 0 radical (unpaired) electrons. The SMILES string of the molecule is c1cnc2c(CNc3nccn4nccc34)cccc2c1. The number of hydrogen-bond donors (Lipinski definition) is 1. The van der Waals surface area contributed by atoms with E-state index in [1.54, 1.807) is 16.9 Å². The van der Waals surface area contributed by atoms with Crippen molar-refractivity contribution in [2.75, 3.05) is 5.32 Å². The number of anilines is 1. The van der Waals surface area contributed by atoms with Crippen LogP contribution in [0, 0.1) is 0 Å². The first-order valence-electron chi connectivity index (χ1n) is 6.77. The monoisotopic (exact) mass is 275 g/mol. The van der Waals surface area contributed by atoms with Crippen LogP contribution in [0.15, 0.2) is 61.2 Å². The summed E-state index contributed by atoms with van der Waals surface area (Å²) < 4.78 is 1.80.